The Bertz CT molecular complexity index is 835. The van der Waals surface area contributed by atoms with E-state index in [2.05, 4.69) is 63.4 Å². The van der Waals surface area contributed by atoms with E-state index in [-0.39, 0.29) is 0 Å². The van der Waals surface area contributed by atoms with Crippen LogP contribution in [-0.4, -0.2) is 71.7 Å². The minimum atomic E-state index is 0.522. The first-order chi connectivity index (χ1) is 14.1. The first-order valence-electron chi connectivity index (χ1n) is 10.6. The van der Waals surface area contributed by atoms with Crippen LogP contribution in [-0.2, 0) is 18.0 Å². The van der Waals surface area contributed by atoms with Gasteiger partial charge in [0, 0.05) is 51.5 Å². The van der Waals surface area contributed by atoms with E-state index < -0.39 is 0 Å². The molecular formula is C21H32N6OS. The van der Waals surface area contributed by atoms with Gasteiger partial charge in [-0.2, -0.15) is 0 Å². The van der Waals surface area contributed by atoms with Crippen LogP contribution in [0, 0.1) is 10.7 Å². The molecule has 0 spiro atoms. The predicted octanol–water partition coefficient (Wildman–Crippen LogP) is 2.69. The van der Waals surface area contributed by atoms with E-state index in [1.54, 1.807) is 0 Å². The number of rotatable bonds is 6. The molecule has 2 aliphatic heterocycles. The van der Waals surface area contributed by atoms with Gasteiger partial charge in [-0.25, -0.2) is 4.68 Å². The lowest BCUT2D eigenvalue weighted by Crippen LogP contribution is -2.47. The van der Waals surface area contributed by atoms with Crippen LogP contribution in [0.4, 0.5) is 11.6 Å². The lowest BCUT2D eigenvalue weighted by atomic mass is 10.2. The molecule has 0 unspecified atom stereocenters. The average molecular weight is 417 g/mol. The van der Waals surface area contributed by atoms with Crippen molar-refractivity contribution in [2.24, 2.45) is 5.92 Å². The summed E-state index contributed by atoms with van der Waals surface area (Å²) in [6.45, 7) is 13.4. The summed E-state index contributed by atoms with van der Waals surface area (Å²) in [5, 5.41) is 4.95. The van der Waals surface area contributed by atoms with Crippen LogP contribution in [0.3, 0.4) is 0 Å². The minimum Gasteiger partial charge on any atom is -0.378 e. The third kappa shape index (κ3) is 4.82. The van der Waals surface area contributed by atoms with Crippen molar-refractivity contribution < 1.29 is 4.74 Å². The average Bonchev–Trinajstić information content (AvgIpc) is 3.05. The molecule has 2 aromatic rings. The Morgan fingerprint density at radius 3 is 2.31 bits per heavy atom. The molecule has 7 nitrogen and oxygen atoms in total. The monoisotopic (exact) mass is 416 g/mol. The summed E-state index contributed by atoms with van der Waals surface area (Å²) in [5.41, 5.74) is 1.31. The summed E-state index contributed by atoms with van der Waals surface area (Å²) in [6, 6.07) is 10.7. The first-order valence-corrected chi connectivity index (χ1v) is 11.1. The van der Waals surface area contributed by atoms with Gasteiger partial charge in [0.2, 0.25) is 10.7 Å². The number of hydrogen-bond donors (Lipinski definition) is 0. The van der Waals surface area contributed by atoms with Gasteiger partial charge >= 0.3 is 0 Å². The Morgan fingerprint density at radius 1 is 0.966 bits per heavy atom. The highest BCUT2D eigenvalue weighted by Gasteiger charge is 2.23. The van der Waals surface area contributed by atoms with Gasteiger partial charge in [0.15, 0.2) is 0 Å². The van der Waals surface area contributed by atoms with Gasteiger partial charge in [0.1, 0.15) is 0 Å². The Balaban J connectivity index is 1.46. The summed E-state index contributed by atoms with van der Waals surface area (Å²) in [4.78, 5) is 7.21. The smallest absolute Gasteiger partial charge is 0.226 e. The molecule has 158 valence electrons. The number of hydrogen-bond acceptors (Lipinski definition) is 6. The van der Waals surface area contributed by atoms with Crippen LogP contribution in [0.15, 0.2) is 30.3 Å². The Morgan fingerprint density at radius 2 is 1.66 bits per heavy atom. The van der Waals surface area contributed by atoms with E-state index in [1.807, 2.05) is 4.68 Å². The fraction of sp³-hybridized carbons (Fsp3) is 0.619. The van der Waals surface area contributed by atoms with Crippen molar-refractivity contribution in [2.75, 3.05) is 62.3 Å². The quantitative estimate of drug-likeness (QED) is 0.675. The molecule has 0 atom stereocenters. The highest BCUT2D eigenvalue weighted by molar-refractivity contribution is 7.71. The topological polar surface area (TPSA) is 41.7 Å². The zero-order valence-electron chi connectivity index (χ0n) is 17.5. The van der Waals surface area contributed by atoms with Crippen LogP contribution in [0.25, 0.3) is 0 Å². The number of para-hydroxylation sites is 1. The lowest BCUT2D eigenvalue weighted by molar-refractivity contribution is 0.121. The Kier molecular flexibility index (Phi) is 6.52. The summed E-state index contributed by atoms with van der Waals surface area (Å²) in [5.74, 6) is 1.52. The SMILES string of the molecule is CC(C)Cn1c(N2CCOCC2)nn(CN2CCN(c3ccccc3)CC2)c1=S. The van der Waals surface area contributed by atoms with E-state index >= 15 is 0 Å². The third-order valence-electron chi connectivity index (χ3n) is 5.57. The van der Waals surface area contributed by atoms with Gasteiger partial charge in [0.25, 0.3) is 0 Å². The maximum atomic E-state index is 5.84. The van der Waals surface area contributed by atoms with Crippen molar-refractivity contribution in [3.05, 3.63) is 35.1 Å². The molecule has 2 aliphatic rings. The first kappa shape index (κ1) is 20.4. The molecule has 29 heavy (non-hydrogen) atoms. The van der Waals surface area contributed by atoms with Crippen LogP contribution < -0.4 is 9.80 Å². The maximum absolute atomic E-state index is 5.84. The summed E-state index contributed by atoms with van der Waals surface area (Å²) < 4.78 is 10.6. The third-order valence-corrected chi connectivity index (χ3v) is 6.00. The zero-order chi connectivity index (χ0) is 20.2. The van der Waals surface area contributed by atoms with E-state index in [0.29, 0.717) is 5.92 Å². The molecule has 4 rings (SSSR count). The van der Waals surface area contributed by atoms with Crippen LogP contribution in [0.2, 0.25) is 0 Å². The van der Waals surface area contributed by atoms with E-state index in [0.717, 1.165) is 76.4 Å². The number of anilines is 2. The molecule has 0 radical (unpaired) electrons. The number of ether oxygens (including phenoxy) is 1. The number of aromatic nitrogens is 3. The second kappa shape index (κ2) is 9.28. The van der Waals surface area contributed by atoms with Crippen molar-refractivity contribution in [3.63, 3.8) is 0 Å². The van der Waals surface area contributed by atoms with Gasteiger partial charge in [0.05, 0.1) is 19.9 Å². The molecule has 3 heterocycles. The van der Waals surface area contributed by atoms with E-state index in [1.165, 1.54) is 5.69 Å². The minimum absolute atomic E-state index is 0.522. The summed E-state index contributed by atoms with van der Waals surface area (Å²) >= 11 is 5.84. The number of morpholine rings is 1. The number of piperazine rings is 1. The molecular weight excluding hydrogens is 384 g/mol. The van der Waals surface area contributed by atoms with Gasteiger partial charge in [-0.05, 0) is 30.3 Å². The van der Waals surface area contributed by atoms with Crippen LogP contribution >= 0.6 is 12.2 Å². The van der Waals surface area contributed by atoms with Crippen molar-refractivity contribution >= 4 is 23.9 Å². The lowest BCUT2D eigenvalue weighted by Gasteiger charge is -2.35. The molecule has 0 bridgehead atoms. The van der Waals surface area contributed by atoms with Crippen LogP contribution in [0.1, 0.15) is 13.8 Å². The second-order valence-corrected chi connectivity index (χ2v) is 8.63. The van der Waals surface area contributed by atoms with Crippen molar-refractivity contribution in [1.29, 1.82) is 0 Å². The zero-order valence-corrected chi connectivity index (χ0v) is 18.4. The maximum Gasteiger partial charge on any atom is 0.226 e. The largest absolute Gasteiger partial charge is 0.378 e. The van der Waals surface area contributed by atoms with Crippen molar-refractivity contribution in [2.45, 2.75) is 27.1 Å². The fourth-order valence-corrected chi connectivity index (χ4v) is 4.27. The molecule has 1 aromatic heterocycles. The van der Waals surface area contributed by atoms with E-state index in [4.69, 9.17) is 22.1 Å². The molecule has 2 fully saturated rings. The highest BCUT2D eigenvalue weighted by atomic mass is 32.1. The molecule has 0 saturated carbocycles. The summed E-state index contributed by atoms with van der Waals surface area (Å²) in [7, 11) is 0. The fourth-order valence-electron chi connectivity index (χ4n) is 4.02. The molecule has 1 aromatic carbocycles. The molecule has 2 saturated heterocycles. The van der Waals surface area contributed by atoms with Crippen molar-refractivity contribution in [3.8, 4) is 0 Å². The molecule has 8 heteroatoms. The van der Waals surface area contributed by atoms with Gasteiger partial charge in [-0.15, -0.1) is 5.10 Å². The summed E-state index contributed by atoms with van der Waals surface area (Å²) in [6.07, 6.45) is 0. The normalized spacial score (nSPS) is 18.6. The second-order valence-electron chi connectivity index (χ2n) is 8.27. The molecule has 0 N–H and O–H groups in total. The van der Waals surface area contributed by atoms with Crippen molar-refractivity contribution in [1.82, 2.24) is 19.2 Å². The van der Waals surface area contributed by atoms with E-state index in [9.17, 15) is 0 Å². The van der Waals surface area contributed by atoms with Gasteiger partial charge < -0.3 is 14.5 Å². The predicted molar refractivity (Wildman–Crippen MR) is 119 cm³/mol. The highest BCUT2D eigenvalue weighted by Crippen LogP contribution is 2.19. The Hall–Kier alpha value is -1.90. The van der Waals surface area contributed by atoms with Crippen LogP contribution in [0.5, 0.6) is 0 Å². The van der Waals surface area contributed by atoms with Gasteiger partial charge in [-0.1, -0.05) is 32.0 Å². The Labute approximate surface area is 178 Å². The standard InChI is InChI=1S/C21H32N6OS/c1-18(2)16-26-20(25-12-14-28-15-13-25)22-27(21(26)29)17-23-8-10-24(11-9-23)19-6-4-3-5-7-19/h3-7,18H,8-17H2,1-2H3. The number of nitrogens with zero attached hydrogens (tertiary/aromatic N) is 6. The number of benzene rings is 1. The molecule has 0 aliphatic carbocycles. The van der Waals surface area contributed by atoms with Gasteiger partial charge in [-0.3, -0.25) is 9.47 Å². The molecule has 0 amide bonds.